The van der Waals surface area contributed by atoms with Crippen LogP contribution in [0.3, 0.4) is 0 Å². The number of carbonyl (C=O) groups is 1. The molecule has 0 aliphatic carbocycles. The summed E-state index contributed by atoms with van der Waals surface area (Å²) in [5, 5.41) is 11.9. The second-order valence-electron chi connectivity index (χ2n) is 5.60. The number of unbranched alkanes of at least 4 members (excludes halogenated alkanes) is 2. The van der Waals surface area contributed by atoms with Crippen molar-refractivity contribution in [3.05, 3.63) is 59.7 Å². The molecule has 0 fully saturated rings. The van der Waals surface area contributed by atoms with Crippen LogP contribution in [0.5, 0.6) is 5.75 Å². The third kappa shape index (κ3) is 7.79. The summed E-state index contributed by atoms with van der Waals surface area (Å²) >= 11 is 0. The fraction of sp³-hybridized carbons (Fsp3) is 0.350. The molecule has 4 heteroatoms. The van der Waals surface area contributed by atoms with E-state index in [4.69, 9.17) is 5.73 Å². The highest BCUT2D eigenvalue weighted by Crippen LogP contribution is 2.24. The molecule has 0 aliphatic rings. The Labute approximate surface area is 144 Å². The molecule has 2 rings (SSSR count). The predicted octanol–water partition coefficient (Wildman–Crippen LogP) is 3.88. The van der Waals surface area contributed by atoms with E-state index in [2.05, 4.69) is 24.4 Å². The molecule has 0 aliphatic heterocycles. The smallest absolute Gasteiger partial charge is 0.211 e. The van der Waals surface area contributed by atoms with Crippen LogP contribution in [0.25, 0.3) is 0 Å². The van der Waals surface area contributed by atoms with Gasteiger partial charge in [0.15, 0.2) is 0 Å². The summed E-state index contributed by atoms with van der Waals surface area (Å²) in [6, 6.07) is 15.6. The Hall–Kier alpha value is -2.33. The van der Waals surface area contributed by atoms with E-state index in [1.165, 1.54) is 18.4 Å². The third-order valence-electron chi connectivity index (χ3n) is 3.62. The first-order valence-corrected chi connectivity index (χ1v) is 8.47. The average Bonchev–Trinajstić information content (AvgIpc) is 2.60. The fourth-order valence-corrected chi connectivity index (χ4v) is 2.31. The van der Waals surface area contributed by atoms with Crippen molar-refractivity contribution < 1.29 is 9.90 Å². The number of rotatable bonds is 8. The molecule has 0 aromatic heterocycles. The van der Waals surface area contributed by atoms with Crippen molar-refractivity contribution in [1.29, 1.82) is 0 Å². The van der Waals surface area contributed by atoms with Gasteiger partial charge in [0.25, 0.3) is 0 Å². The second-order valence-corrected chi connectivity index (χ2v) is 5.60. The maximum Gasteiger partial charge on any atom is 0.211 e. The lowest BCUT2D eigenvalue weighted by Gasteiger charge is -2.06. The van der Waals surface area contributed by atoms with E-state index < -0.39 is 0 Å². The van der Waals surface area contributed by atoms with Crippen LogP contribution in [0.4, 0.5) is 5.69 Å². The van der Waals surface area contributed by atoms with E-state index in [-0.39, 0.29) is 5.75 Å². The first-order valence-electron chi connectivity index (χ1n) is 8.47. The molecule has 0 spiro atoms. The van der Waals surface area contributed by atoms with Crippen molar-refractivity contribution in [2.45, 2.75) is 39.0 Å². The number of hydrogen-bond donors (Lipinski definition) is 3. The van der Waals surface area contributed by atoms with Gasteiger partial charge in [0, 0.05) is 0 Å². The van der Waals surface area contributed by atoms with Gasteiger partial charge in [-0.05, 0) is 49.1 Å². The van der Waals surface area contributed by atoms with Crippen LogP contribution in [0.2, 0.25) is 0 Å². The zero-order chi connectivity index (χ0) is 17.6. The topological polar surface area (TPSA) is 75.3 Å². The fourth-order valence-electron chi connectivity index (χ4n) is 2.31. The molecule has 4 N–H and O–H groups in total. The zero-order valence-electron chi connectivity index (χ0n) is 14.4. The molecule has 2 aromatic carbocycles. The lowest BCUT2D eigenvalue weighted by Crippen LogP contribution is -2.01. The van der Waals surface area contributed by atoms with E-state index in [1.54, 1.807) is 6.07 Å². The number of anilines is 1. The largest absolute Gasteiger partial charge is 0.506 e. The van der Waals surface area contributed by atoms with Gasteiger partial charge in [-0.3, -0.25) is 4.79 Å². The summed E-state index contributed by atoms with van der Waals surface area (Å²) in [6.07, 6.45) is 6.09. The molecule has 0 saturated heterocycles. The first kappa shape index (κ1) is 19.7. The third-order valence-corrected chi connectivity index (χ3v) is 3.62. The molecular weight excluding hydrogens is 300 g/mol. The minimum atomic E-state index is 0.112. The van der Waals surface area contributed by atoms with Crippen molar-refractivity contribution in [3.8, 4) is 5.75 Å². The quantitative estimate of drug-likeness (QED) is 0.391. The summed E-state index contributed by atoms with van der Waals surface area (Å²) in [4.78, 5) is 10.3. The van der Waals surface area contributed by atoms with E-state index in [0.717, 1.165) is 31.4 Å². The number of amides is 1. The average molecular weight is 328 g/mol. The van der Waals surface area contributed by atoms with Gasteiger partial charge >= 0.3 is 0 Å². The van der Waals surface area contributed by atoms with E-state index in [9.17, 15) is 9.90 Å². The Morgan fingerprint density at radius 3 is 2.42 bits per heavy atom. The summed E-state index contributed by atoms with van der Waals surface area (Å²) in [5.41, 5.74) is 8.31. The van der Waals surface area contributed by atoms with Crippen LogP contribution in [-0.4, -0.2) is 18.1 Å². The normalized spacial score (nSPS) is 9.75. The standard InChI is InChI=1S/C12H17NO2.C8H11N/c1-2-3-4-5-10-6-7-12(15)11(8-10)13-9-14;9-7-6-8-4-2-1-3-5-8/h6-9,15H,2-5H2,1H3,(H,13,14);1-5H,6-7,9H2. The number of carbonyl (C=O) groups excluding carboxylic acids is 1. The van der Waals surface area contributed by atoms with E-state index in [1.807, 2.05) is 30.3 Å². The van der Waals surface area contributed by atoms with Gasteiger partial charge in [0.05, 0.1) is 5.69 Å². The van der Waals surface area contributed by atoms with Gasteiger partial charge in [-0.15, -0.1) is 0 Å². The number of benzene rings is 2. The van der Waals surface area contributed by atoms with Crippen molar-refractivity contribution in [2.24, 2.45) is 5.73 Å². The summed E-state index contributed by atoms with van der Waals surface area (Å²) < 4.78 is 0. The van der Waals surface area contributed by atoms with Gasteiger partial charge in [-0.25, -0.2) is 0 Å². The van der Waals surface area contributed by atoms with Crippen molar-refractivity contribution >= 4 is 12.1 Å². The van der Waals surface area contributed by atoms with Gasteiger partial charge in [-0.1, -0.05) is 56.2 Å². The number of hydrogen-bond acceptors (Lipinski definition) is 3. The van der Waals surface area contributed by atoms with Crippen molar-refractivity contribution in [3.63, 3.8) is 0 Å². The van der Waals surface area contributed by atoms with Gasteiger partial charge in [-0.2, -0.15) is 0 Å². The van der Waals surface area contributed by atoms with Crippen LogP contribution >= 0.6 is 0 Å². The number of phenols is 1. The maximum absolute atomic E-state index is 10.3. The van der Waals surface area contributed by atoms with E-state index >= 15 is 0 Å². The highest BCUT2D eigenvalue weighted by Gasteiger charge is 2.01. The Kier molecular flexibility index (Phi) is 9.97. The van der Waals surface area contributed by atoms with Crippen molar-refractivity contribution in [2.75, 3.05) is 11.9 Å². The molecule has 1 amide bonds. The van der Waals surface area contributed by atoms with Crippen LogP contribution in [-0.2, 0) is 17.6 Å². The van der Waals surface area contributed by atoms with Gasteiger partial charge in [0.2, 0.25) is 6.41 Å². The van der Waals surface area contributed by atoms with Crippen molar-refractivity contribution in [1.82, 2.24) is 0 Å². The van der Waals surface area contributed by atoms with Crippen LogP contribution in [0.1, 0.15) is 37.3 Å². The molecule has 0 heterocycles. The minimum Gasteiger partial charge on any atom is -0.506 e. The first-order chi connectivity index (χ1) is 11.7. The molecule has 0 radical (unpaired) electrons. The highest BCUT2D eigenvalue weighted by molar-refractivity contribution is 5.75. The Morgan fingerprint density at radius 1 is 1.04 bits per heavy atom. The van der Waals surface area contributed by atoms with Gasteiger partial charge < -0.3 is 16.2 Å². The monoisotopic (exact) mass is 328 g/mol. The zero-order valence-corrected chi connectivity index (χ0v) is 14.4. The van der Waals surface area contributed by atoms with Crippen LogP contribution in [0.15, 0.2) is 48.5 Å². The summed E-state index contributed by atoms with van der Waals surface area (Å²) in [6.45, 7) is 2.90. The molecule has 0 unspecified atom stereocenters. The molecule has 4 nitrogen and oxygen atoms in total. The van der Waals surface area contributed by atoms with Crippen LogP contribution < -0.4 is 11.1 Å². The second kappa shape index (κ2) is 12.1. The number of nitrogens with one attached hydrogen (secondary N) is 1. The van der Waals surface area contributed by atoms with Crippen LogP contribution in [0, 0.1) is 0 Å². The minimum absolute atomic E-state index is 0.112. The number of nitrogens with two attached hydrogens (primary N) is 1. The molecule has 2 aromatic rings. The highest BCUT2D eigenvalue weighted by atomic mass is 16.3. The lowest BCUT2D eigenvalue weighted by atomic mass is 10.1. The predicted molar refractivity (Wildman–Crippen MR) is 100 cm³/mol. The maximum atomic E-state index is 10.3. The molecule has 130 valence electrons. The summed E-state index contributed by atoms with van der Waals surface area (Å²) in [7, 11) is 0. The lowest BCUT2D eigenvalue weighted by molar-refractivity contribution is -0.105. The molecule has 0 atom stereocenters. The Bertz CT molecular complexity index is 585. The molecular formula is C20H28N2O2. The number of phenolic OH excluding ortho intramolecular Hbond substituents is 1. The Balaban J connectivity index is 0.000000272. The number of aromatic hydroxyl groups is 1. The van der Waals surface area contributed by atoms with Gasteiger partial charge in [0.1, 0.15) is 5.75 Å². The number of aryl methyl sites for hydroxylation is 1. The Morgan fingerprint density at radius 2 is 1.79 bits per heavy atom. The SMILES string of the molecule is CCCCCc1ccc(O)c(NC=O)c1.NCCc1ccccc1. The molecule has 24 heavy (non-hydrogen) atoms. The summed E-state index contributed by atoms with van der Waals surface area (Å²) in [5.74, 6) is 0.112. The van der Waals surface area contributed by atoms with E-state index in [0.29, 0.717) is 12.1 Å². The molecule has 0 bridgehead atoms. The molecule has 0 saturated carbocycles.